The molecule has 2 rings (SSSR count). The molecule has 0 aliphatic heterocycles. The number of amides is 2. The summed E-state index contributed by atoms with van der Waals surface area (Å²) in [6, 6.07) is 14.4. The lowest BCUT2D eigenvalue weighted by Crippen LogP contribution is -2.36. The summed E-state index contributed by atoms with van der Waals surface area (Å²) in [6.07, 6.45) is 0.574. The number of carbonyl (C=O) groups excluding carboxylic acids is 2. The number of hydrogen-bond acceptors (Lipinski definition) is 4. The Kier molecular flexibility index (Phi) is 6.19. The number of rotatable bonds is 6. The molecule has 0 aliphatic carbocycles. The number of benzene rings is 2. The normalized spacial score (nSPS) is 9.92. The minimum absolute atomic E-state index is 0.344. The molecule has 2 aromatic carbocycles. The van der Waals surface area contributed by atoms with Gasteiger partial charge in [-0.15, -0.1) is 0 Å². The number of carbonyl (C=O) groups is 2. The van der Waals surface area contributed by atoms with Gasteiger partial charge in [0.2, 0.25) is 0 Å². The van der Waals surface area contributed by atoms with E-state index in [0.29, 0.717) is 30.2 Å². The van der Waals surface area contributed by atoms with Crippen molar-refractivity contribution in [3.05, 3.63) is 54.1 Å². The Hall–Kier alpha value is -3.02. The van der Waals surface area contributed by atoms with Crippen molar-refractivity contribution in [1.82, 2.24) is 5.32 Å². The maximum atomic E-state index is 11.8. The lowest BCUT2D eigenvalue weighted by atomic mass is 10.1. The highest BCUT2D eigenvalue weighted by Crippen LogP contribution is 2.27. The van der Waals surface area contributed by atoms with Crippen LogP contribution >= 0.6 is 0 Å². The Morgan fingerprint density at radius 3 is 2.29 bits per heavy atom. The summed E-state index contributed by atoms with van der Waals surface area (Å²) in [6.45, 7) is 0.344. The van der Waals surface area contributed by atoms with Gasteiger partial charge >= 0.3 is 11.8 Å². The van der Waals surface area contributed by atoms with E-state index in [1.54, 1.807) is 44.6 Å². The molecule has 2 amide bonds. The molecule has 6 heteroatoms. The van der Waals surface area contributed by atoms with Crippen LogP contribution in [0.5, 0.6) is 11.5 Å². The van der Waals surface area contributed by atoms with Gasteiger partial charge in [0.15, 0.2) is 11.5 Å². The average molecular weight is 328 g/mol. The summed E-state index contributed by atoms with van der Waals surface area (Å²) in [4.78, 5) is 23.6. The predicted molar refractivity (Wildman–Crippen MR) is 91.3 cm³/mol. The van der Waals surface area contributed by atoms with Crippen molar-refractivity contribution in [2.75, 3.05) is 26.1 Å². The SMILES string of the molecule is COc1ccc(CCNC(=O)C(=O)Nc2ccccc2)cc1OC. The molecule has 0 aromatic heterocycles. The lowest BCUT2D eigenvalue weighted by molar-refractivity contribution is -0.136. The quantitative estimate of drug-likeness (QED) is 0.795. The fourth-order valence-electron chi connectivity index (χ4n) is 2.15. The number of nitrogens with one attached hydrogen (secondary N) is 2. The Labute approximate surface area is 140 Å². The summed E-state index contributed by atoms with van der Waals surface area (Å²) in [7, 11) is 3.14. The van der Waals surface area contributed by atoms with Crippen LogP contribution in [0.15, 0.2) is 48.5 Å². The molecule has 0 bridgehead atoms. The van der Waals surface area contributed by atoms with Crippen LogP contribution in [-0.4, -0.2) is 32.6 Å². The van der Waals surface area contributed by atoms with Crippen molar-refractivity contribution < 1.29 is 19.1 Å². The molecule has 0 fully saturated rings. The molecule has 0 unspecified atom stereocenters. The Morgan fingerprint density at radius 2 is 1.62 bits per heavy atom. The van der Waals surface area contributed by atoms with Crippen molar-refractivity contribution >= 4 is 17.5 Å². The van der Waals surface area contributed by atoms with Gasteiger partial charge < -0.3 is 20.1 Å². The van der Waals surface area contributed by atoms with E-state index in [-0.39, 0.29) is 0 Å². The van der Waals surface area contributed by atoms with Crippen LogP contribution in [0, 0.1) is 0 Å². The van der Waals surface area contributed by atoms with Gasteiger partial charge in [-0.25, -0.2) is 0 Å². The molecule has 0 saturated carbocycles. The predicted octanol–water partition coefficient (Wildman–Crippen LogP) is 2.00. The molecular weight excluding hydrogens is 308 g/mol. The largest absolute Gasteiger partial charge is 0.493 e. The smallest absolute Gasteiger partial charge is 0.313 e. The van der Waals surface area contributed by atoms with E-state index in [2.05, 4.69) is 10.6 Å². The molecule has 24 heavy (non-hydrogen) atoms. The van der Waals surface area contributed by atoms with Gasteiger partial charge in [0, 0.05) is 12.2 Å². The monoisotopic (exact) mass is 328 g/mol. The second kappa shape index (κ2) is 8.57. The maximum Gasteiger partial charge on any atom is 0.313 e. The highest BCUT2D eigenvalue weighted by Gasteiger charge is 2.13. The lowest BCUT2D eigenvalue weighted by Gasteiger charge is -2.10. The summed E-state index contributed by atoms with van der Waals surface area (Å²) in [5.74, 6) is -0.0801. The third kappa shape index (κ3) is 4.74. The molecule has 0 radical (unpaired) electrons. The van der Waals surface area contributed by atoms with Crippen molar-refractivity contribution in [2.45, 2.75) is 6.42 Å². The number of para-hydroxylation sites is 1. The molecule has 0 spiro atoms. The van der Waals surface area contributed by atoms with E-state index >= 15 is 0 Å². The van der Waals surface area contributed by atoms with Gasteiger partial charge in [-0.3, -0.25) is 9.59 Å². The fourth-order valence-corrected chi connectivity index (χ4v) is 2.15. The second-order valence-electron chi connectivity index (χ2n) is 5.02. The summed E-state index contributed by atoms with van der Waals surface area (Å²) in [5, 5.41) is 5.13. The Bertz CT molecular complexity index is 701. The molecular formula is C18H20N2O4. The maximum absolute atomic E-state index is 11.8. The van der Waals surface area contributed by atoms with Crippen LogP contribution in [0.3, 0.4) is 0 Å². The highest BCUT2D eigenvalue weighted by atomic mass is 16.5. The Morgan fingerprint density at radius 1 is 0.917 bits per heavy atom. The van der Waals surface area contributed by atoms with Gasteiger partial charge in [0.25, 0.3) is 0 Å². The van der Waals surface area contributed by atoms with Crippen LogP contribution < -0.4 is 20.1 Å². The third-order valence-electron chi connectivity index (χ3n) is 3.39. The van der Waals surface area contributed by atoms with Crippen LogP contribution in [0.4, 0.5) is 5.69 Å². The van der Waals surface area contributed by atoms with Crippen LogP contribution in [0.1, 0.15) is 5.56 Å². The first-order chi connectivity index (χ1) is 11.6. The van der Waals surface area contributed by atoms with Crippen LogP contribution in [0.2, 0.25) is 0 Å². The van der Waals surface area contributed by atoms with Crippen molar-refractivity contribution in [1.29, 1.82) is 0 Å². The van der Waals surface area contributed by atoms with Crippen molar-refractivity contribution in [3.63, 3.8) is 0 Å². The summed E-state index contributed by atoms with van der Waals surface area (Å²) in [5.41, 5.74) is 1.55. The average Bonchev–Trinajstić information content (AvgIpc) is 2.62. The first kappa shape index (κ1) is 17.3. The summed E-state index contributed by atoms with van der Waals surface area (Å²) < 4.78 is 10.4. The van der Waals surface area contributed by atoms with E-state index in [0.717, 1.165) is 5.56 Å². The number of methoxy groups -OCH3 is 2. The first-order valence-corrected chi connectivity index (χ1v) is 7.49. The molecule has 6 nitrogen and oxygen atoms in total. The molecule has 2 aromatic rings. The van der Waals surface area contributed by atoms with Crippen molar-refractivity contribution in [3.8, 4) is 11.5 Å². The standard InChI is InChI=1S/C18H20N2O4/c1-23-15-9-8-13(12-16(15)24-2)10-11-19-17(21)18(22)20-14-6-4-3-5-7-14/h3-9,12H,10-11H2,1-2H3,(H,19,21)(H,20,22). The van der Waals surface area contributed by atoms with Gasteiger partial charge in [0.05, 0.1) is 14.2 Å². The molecule has 0 atom stereocenters. The first-order valence-electron chi connectivity index (χ1n) is 7.49. The summed E-state index contributed by atoms with van der Waals surface area (Å²) >= 11 is 0. The van der Waals surface area contributed by atoms with Gasteiger partial charge in [0.1, 0.15) is 0 Å². The topological polar surface area (TPSA) is 76.7 Å². The molecule has 2 N–H and O–H groups in total. The second-order valence-corrected chi connectivity index (χ2v) is 5.02. The van der Waals surface area contributed by atoms with E-state index in [9.17, 15) is 9.59 Å². The fraction of sp³-hybridized carbons (Fsp3) is 0.222. The van der Waals surface area contributed by atoms with Crippen LogP contribution in [-0.2, 0) is 16.0 Å². The zero-order valence-electron chi connectivity index (χ0n) is 13.7. The van der Waals surface area contributed by atoms with Gasteiger partial charge in [-0.2, -0.15) is 0 Å². The molecule has 0 saturated heterocycles. The zero-order chi connectivity index (χ0) is 17.4. The minimum atomic E-state index is -0.687. The van der Waals surface area contributed by atoms with Crippen LogP contribution in [0.25, 0.3) is 0 Å². The molecule has 0 aliphatic rings. The van der Waals surface area contributed by atoms with E-state index in [1.165, 1.54) is 0 Å². The van der Waals surface area contributed by atoms with E-state index in [4.69, 9.17) is 9.47 Å². The third-order valence-corrected chi connectivity index (χ3v) is 3.39. The molecule has 126 valence electrons. The van der Waals surface area contributed by atoms with Crippen molar-refractivity contribution in [2.24, 2.45) is 0 Å². The minimum Gasteiger partial charge on any atom is -0.493 e. The molecule has 0 heterocycles. The van der Waals surface area contributed by atoms with Gasteiger partial charge in [-0.1, -0.05) is 24.3 Å². The number of hydrogen-bond donors (Lipinski definition) is 2. The number of anilines is 1. The highest BCUT2D eigenvalue weighted by molar-refractivity contribution is 6.39. The van der Waals surface area contributed by atoms with Gasteiger partial charge in [-0.05, 0) is 36.2 Å². The van der Waals surface area contributed by atoms with E-state index in [1.807, 2.05) is 18.2 Å². The Balaban J connectivity index is 1.83. The van der Waals surface area contributed by atoms with E-state index < -0.39 is 11.8 Å². The number of ether oxygens (including phenoxy) is 2. The zero-order valence-corrected chi connectivity index (χ0v) is 13.7.